The van der Waals surface area contributed by atoms with Crippen LogP contribution in [0.25, 0.3) is 0 Å². The highest BCUT2D eigenvalue weighted by Gasteiger charge is 2.06. The number of anilines is 1. The van der Waals surface area contributed by atoms with Crippen LogP contribution in [0.2, 0.25) is 5.02 Å². The number of aromatic nitrogens is 1. The summed E-state index contributed by atoms with van der Waals surface area (Å²) < 4.78 is 1.52. The standard InChI is InChI=1S/C16H18ClN3O2.ClH/c1-18-9-8-15(21)19-13-6-7-16(22)20(11-13)10-12-4-2-3-5-14(12)17;/h2-7,11,18H,8-10H2,1H3,(H,19,21);1H. The first kappa shape index (κ1) is 19.2. The predicted molar refractivity (Wildman–Crippen MR) is 95.7 cm³/mol. The fourth-order valence-corrected chi connectivity index (χ4v) is 2.20. The van der Waals surface area contributed by atoms with Gasteiger partial charge in [-0.2, -0.15) is 0 Å². The van der Waals surface area contributed by atoms with Gasteiger partial charge in [0.2, 0.25) is 5.91 Å². The van der Waals surface area contributed by atoms with E-state index >= 15 is 0 Å². The van der Waals surface area contributed by atoms with E-state index in [1.54, 1.807) is 25.4 Å². The lowest BCUT2D eigenvalue weighted by Gasteiger charge is -2.10. The van der Waals surface area contributed by atoms with E-state index in [9.17, 15) is 9.59 Å². The SMILES string of the molecule is CNCCC(=O)Nc1ccc(=O)n(Cc2ccccc2Cl)c1.Cl. The van der Waals surface area contributed by atoms with Crippen LogP contribution >= 0.6 is 24.0 Å². The van der Waals surface area contributed by atoms with Crippen LogP contribution in [0.5, 0.6) is 0 Å². The molecule has 0 aliphatic carbocycles. The van der Waals surface area contributed by atoms with Gasteiger partial charge in [0.1, 0.15) is 0 Å². The predicted octanol–water partition coefficient (Wildman–Crippen LogP) is 2.52. The van der Waals surface area contributed by atoms with E-state index in [0.717, 1.165) is 5.56 Å². The van der Waals surface area contributed by atoms with Crippen LogP contribution in [-0.4, -0.2) is 24.1 Å². The molecule has 0 spiro atoms. The van der Waals surface area contributed by atoms with Crippen molar-refractivity contribution in [3.8, 4) is 0 Å². The lowest BCUT2D eigenvalue weighted by molar-refractivity contribution is -0.116. The van der Waals surface area contributed by atoms with Gasteiger partial charge in [-0.15, -0.1) is 12.4 Å². The zero-order valence-corrected chi connectivity index (χ0v) is 14.3. The van der Waals surface area contributed by atoms with Gasteiger partial charge in [-0.1, -0.05) is 29.8 Å². The molecule has 23 heavy (non-hydrogen) atoms. The number of halogens is 2. The zero-order valence-electron chi connectivity index (χ0n) is 12.7. The lowest BCUT2D eigenvalue weighted by Crippen LogP contribution is -2.22. The van der Waals surface area contributed by atoms with Crippen molar-refractivity contribution in [2.75, 3.05) is 18.9 Å². The second kappa shape index (κ2) is 9.35. The van der Waals surface area contributed by atoms with Gasteiger partial charge in [-0.3, -0.25) is 9.59 Å². The van der Waals surface area contributed by atoms with E-state index in [1.807, 2.05) is 18.2 Å². The summed E-state index contributed by atoms with van der Waals surface area (Å²) in [6.07, 6.45) is 2.00. The molecule has 0 bridgehead atoms. The first-order valence-corrected chi connectivity index (χ1v) is 7.36. The van der Waals surface area contributed by atoms with Gasteiger partial charge in [0, 0.05) is 30.3 Å². The molecule has 0 saturated carbocycles. The van der Waals surface area contributed by atoms with Gasteiger partial charge in [-0.05, 0) is 24.7 Å². The third-order valence-electron chi connectivity index (χ3n) is 3.17. The molecule has 1 aromatic heterocycles. The quantitative estimate of drug-likeness (QED) is 0.836. The summed E-state index contributed by atoms with van der Waals surface area (Å²) in [5.41, 5.74) is 1.30. The molecule has 0 unspecified atom stereocenters. The van der Waals surface area contributed by atoms with Crippen LogP contribution in [0.3, 0.4) is 0 Å². The maximum atomic E-state index is 11.9. The Labute approximate surface area is 146 Å². The maximum absolute atomic E-state index is 11.9. The van der Waals surface area contributed by atoms with Crippen molar-refractivity contribution < 1.29 is 4.79 Å². The maximum Gasteiger partial charge on any atom is 0.250 e. The van der Waals surface area contributed by atoms with Crippen LogP contribution in [0.1, 0.15) is 12.0 Å². The number of carbonyl (C=O) groups is 1. The number of nitrogens with zero attached hydrogens (tertiary/aromatic N) is 1. The third kappa shape index (κ3) is 5.71. The summed E-state index contributed by atoms with van der Waals surface area (Å²) in [4.78, 5) is 23.7. The van der Waals surface area contributed by atoms with Gasteiger partial charge < -0.3 is 15.2 Å². The molecule has 7 heteroatoms. The van der Waals surface area contributed by atoms with E-state index < -0.39 is 0 Å². The highest BCUT2D eigenvalue weighted by atomic mass is 35.5. The number of benzene rings is 1. The normalized spacial score (nSPS) is 10.0. The second-order valence-corrected chi connectivity index (χ2v) is 5.28. The summed E-state index contributed by atoms with van der Waals surface area (Å²) in [5.74, 6) is -0.0997. The van der Waals surface area contributed by atoms with E-state index in [0.29, 0.717) is 30.2 Å². The number of amides is 1. The third-order valence-corrected chi connectivity index (χ3v) is 3.54. The van der Waals surface area contributed by atoms with E-state index in [4.69, 9.17) is 11.6 Å². The molecular weight excluding hydrogens is 337 g/mol. The Morgan fingerprint density at radius 2 is 1.96 bits per heavy atom. The molecule has 0 aliphatic heterocycles. The Balaban J connectivity index is 0.00000264. The summed E-state index contributed by atoms with van der Waals surface area (Å²) in [6, 6.07) is 10.4. The second-order valence-electron chi connectivity index (χ2n) is 4.88. The van der Waals surface area contributed by atoms with Gasteiger partial charge in [0.15, 0.2) is 0 Å². The zero-order chi connectivity index (χ0) is 15.9. The summed E-state index contributed by atoms with van der Waals surface area (Å²) in [6.45, 7) is 0.962. The first-order valence-electron chi connectivity index (χ1n) is 6.98. The van der Waals surface area contributed by atoms with Crippen molar-refractivity contribution in [2.24, 2.45) is 0 Å². The van der Waals surface area contributed by atoms with Crippen LogP contribution in [0.4, 0.5) is 5.69 Å². The largest absolute Gasteiger partial charge is 0.325 e. The average molecular weight is 356 g/mol. The highest BCUT2D eigenvalue weighted by molar-refractivity contribution is 6.31. The number of pyridine rings is 1. The molecule has 2 rings (SSSR count). The summed E-state index contributed by atoms with van der Waals surface area (Å²) >= 11 is 6.12. The lowest BCUT2D eigenvalue weighted by atomic mass is 10.2. The molecule has 0 radical (unpaired) electrons. The Bertz CT molecular complexity index is 716. The van der Waals surface area contributed by atoms with Crippen molar-refractivity contribution >= 4 is 35.6 Å². The minimum Gasteiger partial charge on any atom is -0.325 e. The van der Waals surface area contributed by atoms with Crippen LogP contribution in [0, 0.1) is 0 Å². The molecule has 1 heterocycles. The molecule has 2 aromatic rings. The molecule has 1 amide bonds. The van der Waals surface area contributed by atoms with Gasteiger partial charge >= 0.3 is 0 Å². The molecule has 5 nitrogen and oxygen atoms in total. The fraction of sp³-hybridized carbons (Fsp3) is 0.250. The first-order chi connectivity index (χ1) is 10.6. The van der Waals surface area contributed by atoms with Crippen molar-refractivity contribution in [3.63, 3.8) is 0 Å². The smallest absolute Gasteiger partial charge is 0.250 e. The molecule has 0 fully saturated rings. The van der Waals surface area contributed by atoms with Crippen molar-refractivity contribution in [3.05, 3.63) is 63.5 Å². The molecule has 0 saturated heterocycles. The minimum absolute atomic E-state index is 0. The summed E-state index contributed by atoms with van der Waals surface area (Å²) in [7, 11) is 1.79. The number of rotatable bonds is 6. The monoisotopic (exact) mass is 355 g/mol. The Morgan fingerprint density at radius 1 is 1.22 bits per heavy atom. The minimum atomic E-state index is -0.145. The Hall–Kier alpha value is -1.82. The Morgan fingerprint density at radius 3 is 2.65 bits per heavy atom. The molecule has 2 N–H and O–H groups in total. The van der Waals surface area contributed by atoms with Crippen LogP contribution < -0.4 is 16.2 Å². The topological polar surface area (TPSA) is 63.1 Å². The number of nitrogens with one attached hydrogen (secondary N) is 2. The average Bonchev–Trinajstić information content (AvgIpc) is 2.51. The number of hydrogen-bond donors (Lipinski definition) is 2. The van der Waals surface area contributed by atoms with Gasteiger partial charge in [0.25, 0.3) is 5.56 Å². The molecule has 124 valence electrons. The molecule has 1 aromatic carbocycles. The van der Waals surface area contributed by atoms with Crippen molar-refractivity contribution in [2.45, 2.75) is 13.0 Å². The molecule has 0 aliphatic rings. The van der Waals surface area contributed by atoms with E-state index in [2.05, 4.69) is 10.6 Å². The molecule has 0 atom stereocenters. The summed E-state index contributed by atoms with van der Waals surface area (Å²) in [5, 5.41) is 6.30. The van der Waals surface area contributed by atoms with Crippen LogP contribution in [-0.2, 0) is 11.3 Å². The van der Waals surface area contributed by atoms with Crippen molar-refractivity contribution in [1.29, 1.82) is 0 Å². The molecular formula is C16H19Cl2N3O2. The van der Waals surface area contributed by atoms with Gasteiger partial charge in [0.05, 0.1) is 12.2 Å². The highest BCUT2D eigenvalue weighted by Crippen LogP contribution is 2.16. The van der Waals surface area contributed by atoms with Crippen LogP contribution in [0.15, 0.2) is 47.4 Å². The fourth-order valence-electron chi connectivity index (χ4n) is 2.00. The van der Waals surface area contributed by atoms with Crippen molar-refractivity contribution in [1.82, 2.24) is 9.88 Å². The van der Waals surface area contributed by atoms with Gasteiger partial charge in [-0.25, -0.2) is 0 Å². The van der Waals surface area contributed by atoms with E-state index in [1.165, 1.54) is 10.6 Å². The van der Waals surface area contributed by atoms with E-state index in [-0.39, 0.29) is 23.9 Å². The number of hydrogen-bond acceptors (Lipinski definition) is 3. The Kier molecular flexibility index (Phi) is 7.81. The number of carbonyl (C=O) groups excluding carboxylic acids is 1.